The minimum Gasteiger partial charge on any atom is -0.489 e. The van der Waals surface area contributed by atoms with Crippen molar-refractivity contribution >= 4 is 35.1 Å². The summed E-state index contributed by atoms with van der Waals surface area (Å²) < 4.78 is 52.9. The lowest BCUT2D eigenvalue weighted by Gasteiger charge is -2.36. The van der Waals surface area contributed by atoms with E-state index in [0.29, 0.717) is 24.9 Å². The summed E-state index contributed by atoms with van der Waals surface area (Å²) in [7, 11) is 1.32. The number of hydrogen-bond acceptors (Lipinski definition) is 8. The van der Waals surface area contributed by atoms with Crippen LogP contribution in [0.25, 0.3) is 0 Å². The zero-order valence-electron chi connectivity index (χ0n) is 22.3. The lowest BCUT2D eigenvalue weighted by molar-refractivity contribution is 0.0965. The molecule has 4 rings (SSSR count). The fraction of sp³-hybridized carbons (Fsp3) is 0.370. The van der Waals surface area contributed by atoms with Crippen molar-refractivity contribution in [2.45, 2.75) is 19.9 Å². The van der Waals surface area contributed by atoms with Gasteiger partial charge in [0, 0.05) is 63.8 Å². The highest BCUT2D eigenvalue weighted by Gasteiger charge is 2.22. The molecule has 1 aliphatic heterocycles. The minimum atomic E-state index is -1.06. The molecule has 0 saturated carbocycles. The molecule has 1 saturated heterocycles. The molecule has 1 fully saturated rings. The van der Waals surface area contributed by atoms with Gasteiger partial charge in [0.1, 0.15) is 23.3 Å². The maximum Gasteiger partial charge on any atom is 0.420 e. The van der Waals surface area contributed by atoms with Gasteiger partial charge in [-0.15, -0.1) is 0 Å². The highest BCUT2D eigenvalue weighted by molar-refractivity contribution is 6.32. The third-order valence-corrected chi connectivity index (χ3v) is 6.79. The molecule has 0 atom stereocenters. The summed E-state index contributed by atoms with van der Waals surface area (Å²) in [5.74, 6) is -2.97. The van der Waals surface area contributed by atoms with Gasteiger partial charge in [0.15, 0.2) is 23.1 Å². The van der Waals surface area contributed by atoms with E-state index in [1.54, 1.807) is 6.07 Å². The van der Waals surface area contributed by atoms with Crippen molar-refractivity contribution < 1.29 is 27.4 Å². The molecule has 0 unspecified atom stereocenters. The first-order valence-electron chi connectivity index (χ1n) is 12.7. The Morgan fingerprint density at radius 2 is 1.80 bits per heavy atom. The number of carbonyl (C=O) groups excluding carboxylic acids is 1. The van der Waals surface area contributed by atoms with Crippen LogP contribution >= 0.6 is 11.6 Å². The molecule has 2 aromatic carbocycles. The van der Waals surface area contributed by atoms with Crippen LogP contribution in [0.5, 0.6) is 11.5 Å². The standard InChI is InChI=1S/C27H30ClF3N6O3/c1-17(2)37-12-10-36(11-13-37)14-15-39-22-7-4-18(16-21(22)31)33-26-32-9-8-23(34-26)35(3)27(38)40-25-20(30)6-5-19(29)24(25)28/h4-9,16-17H,10-15H2,1-3H3,(H,32,33,34). The Morgan fingerprint density at radius 1 is 1.07 bits per heavy atom. The van der Waals surface area contributed by atoms with E-state index in [4.69, 9.17) is 21.1 Å². The van der Waals surface area contributed by atoms with Crippen LogP contribution in [0.4, 0.5) is 35.4 Å². The predicted molar refractivity (Wildman–Crippen MR) is 146 cm³/mol. The summed E-state index contributed by atoms with van der Waals surface area (Å²) in [5.41, 5.74) is 0.352. The Kier molecular flexibility index (Phi) is 9.67. The monoisotopic (exact) mass is 578 g/mol. The maximum atomic E-state index is 14.7. The fourth-order valence-electron chi connectivity index (χ4n) is 4.06. The Hall–Kier alpha value is -3.61. The highest BCUT2D eigenvalue weighted by atomic mass is 35.5. The second kappa shape index (κ2) is 13.2. The number of hydrogen-bond donors (Lipinski definition) is 1. The number of amides is 1. The lowest BCUT2D eigenvalue weighted by atomic mass is 10.2. The third kappa shape index (κ3) is 7.32. The smallest absolute Gasteiger partial charge is 0.420 e. The highest BCUT2D eigenvalue weighted by Crippen LogP contribution is 2.31. The van der Waals surface area contributed by atoms with Gasteiger partial charge in [0.25, 0.3) is 0 Å². The number of anilines is 3. The molecule has 1 amide bonds. The van der Waals surface area contributed by atoms with Crippen LogP contribution in [0.15, 0.2) is 42.6 Å². The number of nitrogens with zero attached hydrogens (tertiary/aromatic N) is 5. The Morgan fingerprint density at radius 3 is 2.50 bits per heavy atom. The molecule has 40 heavy (non-hydrogen) atoms. The number of carbonyl (C=O) groups is 1. The summed E-state index contributed by atoms with van der Waals surface area (Å²) in [4.78, 5) is 26.5. The molecule has 2 heterocycles. The third-order valence-electron chi connectivity index (χ3n) is 6.44. The van der Waals surface area contributed by atoms with Gasteiger partial charge in [-0.2, -0.15) is 4.98 Å². The van der Waals surface area contributed by atoms with Crippen molar-refractivity contribution in [1.29, 1.82) is 0 Å². The van der Waals surface area contributed by atoms with E-state index in [1.807, 2.05) is 0 Å². The zero-order chi connectivity index (χ0) is 28.8. The first kappa shape index (κ1) is 29.4. The van der Waals surface area contributed by atoms with Gasteiger partial charge in [0.2, 0.25) is 5.95 Å². The molecule has 3 aromatic rings. The molecule has 1 N–H and O–H groups in total. The van der Waals surface area contributed by atoms with E-state index < -0.39 is 34.3 Å². The van der Waals surface area contributed by atoms with Gasteiger partial charge in [0.05, 0.1) is 0 Å². The van der Waals surface area contributed by atoms with Crippen LogP contribution in [-0.4, -0.2) is 78.3 Å². The predicted octanol–water partition coefficient (Wildman–Crippen LogP) is 5.33. The summed E-state index contributed by atoms with van der Waals surface area (Å²) >= 11 is 5.72. The van der Waals surface area contributed by atoms with Crippen molar-refractivity contribution in [3.8, 4) is 11.5 Å². The summed E-state index contributed by atoms with van der Waals surface area (Å²) in [6.07, 6.45) is 0.296. The molecule has 13 heteroatoms. The SMILES string of the molecule is CC(C)N1CCN(CCOc2ccc(Nc3nccc(N(C)C(=O)Oc4c(F)ccc(F)c4Cl)n3)cc2F)CC1. The van der Waals surface area contributed by atoms with E-state index in [9.17, 15) is 18.0 Å². The molecule has 0 bridgehead atoms. The van der Waals surface area contributed by atoms with E-state index >= 15 is 0 Å². The summed E-state index contributed by atoms with van der Waals surface area (Å²) in [6, 6.07) is 7.92. The Balaban J connectivity index is 1.32. The number of rotatable bonds is 9. The molecular weight excluding hydrogens is 549 g/mol. The molecule has 1 aromatic heterocycles. The number of halogens is 4. The summed E-state index contributed by atoms with van der Waals surface area (Å²) in [5, 5.41) is 2.20. The molecule has 0 spiro atoms. The van der Waals surface area contributed by atoms with Gasteiger partial charge in [-0.1, -0.05) is 11.6 Å². The first-order chi connectivity index (χ1) is 19.1. The normalized spacial score (nSPS) is 14.3. The largest absolute Gasteiger partial charge is 0.489 e. The van der Waals surface area contributed by atoms with Crippen molar-refractivity contribution in [2.75, 3.05) is 56.6 Å². The maximum absolute atomic E-state index is 14.7. The van der Waals surface area contributed by atoms with E-state index in [1.165, 1.54) is 31.4 Å². The number of piperazine rings is 1. The van der Waals surface area contributed by atoms with E-state index in [0.717, 1.165) is 43.2 Å². The van der Waals surface area contributed by atoms with Gasteiger partial charge in [-0.25, -0.2) is 22.9 Å². The fourth-order valence-corrected chi connectivity index (χ4v) is 4.25. The second-order valence-electron chi connectivity index (χ2n) is 9.43. The minimum absolute atomic E-state index is 0.0562. The number of ether oxygens (including phenoxy) is 2. The van der Waals surface area contributed by atoms with Gasteiger partial charge >= 0.3 is 6.09 Å². The van der Waals surface area contributed by atoms with Gasteiger partial charge in [-0.3, -0.25) is 14.7 Å². The van der Waals surface area contributed by atoms with Gasteiger partial charge < -0.3 is 14.8 Å². The number of aromatic nitrogens is 2. The quantitative estimate of drug-likeness (QED) is 0.341. The topological polar surface area (TPSA) is 83.1 Å². The zero-order valence-corrected chi connectivity index (χ0v) is 23.1. The van der Waals surface area contributed by atoms with Gasteiger partial charge in [-0.05, 0) is 44.2 Å². The van der Waals surface area contributed by atoms with Crippen LogP contribution in [-0.2, 0) is 0 Å². The van der Waals surface area contributed by atoms with Crippen LogP contribution in [0.2, 0.25) is 5.02 Å². The van der Waals surface area contributed by atoms with E-state index in [-0.39, 0.29) is 17.5 Å². The molecule has 1 aliphatic rings. The van der Waals surface area contributed by atoms with Crippen LogP contribution in [0.1, 0.15) is 13.8 Å². The molecule has 0 radical (unpaired) electrons. The molecule has 0 aliphatic carbocycles. The molecule has 9 nitrogen and oxygen atoms in total. The summed E-state index contributed by atoms with van der Waals surface area (Å²) in [6.45, 7) is 9.37. The van der Waals surface area contributed by atoms with E-state index in [2.05, 4.69) is 38.9 Å². The van der Waals surface area contributed by atoms with Crippen LogP contribution in [0.3, 0.4) is 0 Å². The second-order valence-corrected chi connectivity index (χ2v) is 9.81. The van der Waals surface area contributed by atoms with Crippen molar-refractivity contribution in [3.63, 3.8) is 0 Å². The average Bonchev–Trinajstić information content (AvgIpc) is 2.94. The van der Waals surface area contributed by atoms with Crippen molar-refractivity contribution in [3.05, 3.63) is 65.1 Å². The Labute approximate surface area is 235 Å². The van der Waals surface area contributed by atoms with Crippen LogP contribution in [0, 0.1) is 17.5 Å². The molecule has 214 valence electrons. The van der Waals surface area contributed by atoms with Crippen molar-refractivity contribution in [1.82, 2.24) is 19.8 Å². The van der Waals surface area contributed by atoms with Crippen molar-refractivity contribution in [2.24, 2.45) is 0 Å². The van der Waals surface area contributed by atoms with Crippen LogP contribution < -0.4 is 19.7 Å². The lowest BCUT2D eigenvalue weighted by Crippen LogP contribution is -2.49. The first-order valence-corrected chi connectivity index (χ1v) is 13.1. The Bertz CT molecular complexity index is 1340. The number of nitrogens with one attached hydrogen (secondary N) is 1. The molecular formula is C27H30ClF3N6O3. The average molecular weight is 579 g/mol. The number of benzene rings is 2.